The van der Waals surface area contributed by atoms with Gasteiger partial charge in [-0.05, 0) is 77.8 Å². The monoisotopic (exact) mass is 644 g/mol. The van der Waals surface area contributed by atoms with Crippen LogP contribution in [-0.4, -0.2) is 50.6 Å². The van der Waals surface area contributed by atoms with Crippen molar-refractivity contribution < 1.29 is 34.0 Å². The van der Waals surface area contributed by atoms with Crippen LogP contribution in [0.5, 0.6) is 0 Å². The molecule has 250 valence electrons. The molecule has 0 aliphatic carbocycles. The Balaban J connectivity index is 1.76. The van der Waals surface area contributed by atoms with Gasteiger partial charge in [-0.2, -0.15) is 0 Å². The number of nitrogens with one attached hydrogen (secondary N) is 1. The highest BCUT2D eigenvalue weighted by Crippen LogP contribution is 2.42. The van der Waals surface area contributed by atoms with Gasteiger partial charge in [-0.25, -0.2) is 4.39 Å². The quantitative estimate of drug-likeness (QED) is 0.104. The van der Waals surface area contributed by atoms with Crippen LogP contribution in [0.1, 0.15) is 74.5 Å². The SMILES string of the molecule is CC(C)COC(=O)C[C@H](O)C[C@H](O)CCn1c(-c2ccc(F)cc2)c(-c2ccccc2)c(C(=O)Nc2ccc(CO)cc2)c1C(C)C. The van der Waals surface area contributed by atoms with Crippen molar-refractivity contribution in [3.63, 3.8) is 0 Å². The molecule has 0 radical (unpaired) electrons. The van der Waals surface area contributed by atoms with Crippen molar-refractivity contribution in [2.45, 2.75) is 78.2 Å². The van der Waals surface area contributed by atoms with Crippen molar-refractivity contribution in [1.29, 1.82) is 0 Å². The van der Waals surface area contributed by atoms with Crippen molar-refractivity contribution in [2.75, 3.05) is 11.9 Å². The number of benzene rings is 3. The first-order chi connectivity index (χ1) is 22.5. The van der Waals surface area contributed by atoms with Crippen LogP contribution in [0.3, 0.4) is 0 Å². The first-order valence-electron chi connectivity index (χ1n) is 16.1. The van der Waals surface area contributed by atoms with Crippen LogP contribution in [0.15, 0.2) is 78.9 Å². The average Bonchev–Trinajstić information content (AvgIpc) is 3.39. The predicted octanol–water partition coefficient (Wildman–Crippen LogP) is 6.92. The van der Waals surface area contributed by atoms with Crippen molar-refractivity contribution in [2.24, 2.45) is 5.92 Å². The topological polar surface area (TPSA) is 121 Å². The minimum Gasteiger partial charge on any atom is -0.465 e. The van der Waals surface area contributed by atoms with Gasteiger partial charge in [0.05, 0.1) is 43.1 Å². The number of hydrogen-bond donors (Lipinski definition) is 4. The normalized spacial score (nSPS) is 12.7. The molecular formula is C38H45FN2O6. The fourth-order valence-electron chi connectivity index (χ4n) is 5.68. The first-order valence-corrected chi connectivity index (χ1v) is 16.1. The molecule has 1 heterocycles. The van der Waals surface area contributed by atoms with Crippen molar-refractivity contribution >= 4 is 17.6 Å². The standard InChI is InChI=1S/C38H45FN2O6/c1-24(2)23-47-33(45)21-32(44)20-31(43)18-19-41-36(25(3)4)35(38(46)40-30-16-10-26(22-42)11-17-30)34(27-8-6-5-7-9-27)37(41)28-12-14-29(39)15-13-28/h5-17,24-25,31-32,42-44H,18-23H2,1-4H3,(H,40,46)/t31-,32-/m1/s1. The van der Waals surface area contributed by atoms with Crippen LogP contribution in [0.25, 0.3) is 22.4 Å². The molecule has 4 rings (SSSR count). The highest BCUT2D eigenvalue weighted by molar-refractivity contribution is 6.12. The minimum absolute atomic E-state index is 0.0241. The lowest BCUT2D eigenvalue weighted by Gasteiger charge is -2.20. The number of carbonyl (C=O) groups excluding carboxylic acids is 2. The molecule has 4 aromatic rings. The number of aliphatic hydroxyl groups excluding tert-OH is 3. The van der Waals surface area contributed by atoms with E-state index < -0.39 is 24.0 Å². The van der Waals surface area contributed by atoms with Gasteiger partial charge in [-0.15, -0.1) is 0 Å². The van der Waals surface area contributed by atoms with E-state index in [1.165, 1.54) is 12.1 Å². The predicted molar refractivity (Wildman–Crippen MR) is 181 cm³/mol. The molecule has 2 atom stereocenters. The van der Waals surface area contributed by atoms with Gasteiger partial charge in [-0.3, -0.25) is 9.59 Å². The fraction of sp³-hybridized carbons (Fsp3) is 0.368. The molecule has 1 amide bonds. The summed E-state index contributed by atoms with van der Waals surface area (Å²) in [4.78, 5) is 26.4. The van der Waals surface area contributed by atoms with E-state index in [9.17, 15) is 29.3 Å². The Kier molecular flexibility index (Phi) is 12.5. The summed E-state index contributed by atoms with van der Waals surface area (Å²) in [5, 5.41) is 34.0. The molecule has 0 saturated heterocycles. The second kappa shape index (κ2) is 16.5. The lowest BCUT2D eigenvalue weighted by atomic mass is 9.94. The molecular weight excluding hydrogens is 599 g/mol. The number of rotatable bonds is 15. The summed E-state index contributed by atoms with van der Waals surface area (Å²) in [7, 11) is 0. The second-order valence-corrected chi connectivity index (χ2v) is 12.6. The van der Waals surface area contributed by atoms with Gasteiger partial charge in [-0.1, -0.05) is 70.2 Å². The highest BCUT2D eigenvalue weighted by Gasteiger charge is 2.31. The van der Waals surface area contributed by atoms with Gasteiger partial charge in [0, 0.05) is 23.5 Å². The molecule has 0 unspecified atom stereocenters. The molecule has 0 fully saturated rings. The molecule has 8 nitrogen and oxygen atoms in total. The number of anilines is 1. The number of aromatic nitrogens is 1. The lowest BCUT2D eigenvalue weighted by Crippen LogP contribution is -2.24. The summed E-state index contributed by atoms with van der Waals surface area (Å²) < 4.78 is 21.3. The summed E-state index contributed by atoms with van der Waals surface area (Å²) in [6, 6.07) is 22.6. The van der Waals surface area contributed by atoms with Crippen LogP contribution in [0.4, 0.5) is 10.1 Å². The van der Waals surface area contributed by atoms with Crippen molar-refractivity contribution in [3.05, 3.63) is 102 Å². The van der Waals surface area contributed by atoms with E-state index in [0.29, 0.717) is 28.1 Å². The van der Waals surface area contributed by atoms with E-state index in [1.807, 2.05) is 62.6 Å². The van der Waals surface area contributed by atoms with Crippen molar-refractivity contribution in [1.82, 2.24) is 4.57 Å². The third-order valence-electron chi connectivity index (χ3n) is 7.86. The lowest BCUT2D eigenvalue weighted by molar-refractivity contribution is -0.147. The largest absolute Gasteiger partial charge is 0.465 e. The zero-order valence-corrected chi connectivity index (χ0v) is 27.4. The summed E-state index contributed by atoms with van der Waals surface area (Å²) in [5.41, 5.74) is 5.34. The fourth-order valence-corrected chi connectivity index (χ4v) is 5.68. The number of aliphatic hydroxyl groups is 3. The molecule has 0 spiro atoms. The van der Waals surface area contributed by atoms with Crippen LogP contribution in [0, 0.1) is 11.7 Å². The third kappa shape index (κ3) is 9.38. The van der Waals surface area contributed by atoms with Gasteiger partial charge >= 0.3 is 5.97 Å². The zero-order chi connectivity index (χ0) is 34.1. The maximum atomic E-state index is 14.3. The highest BCUT2D eigenvalue weighted by atomic mass is 19.1. The van der Waals surface area contributed by atoms with Gasteiger partial charge in [0.25, 0.3) is 5.91 Å². The molecule has 3 aromatic carbocycles. The van der Waals surface area contributed by atoms with Crippen LogP contribution in [0.2, 0.25) is 0 Å². The Morgan fingerprint density at radius 1 is 0.872 bits per heavy atom. The first kappa shape index (κ1) is 35.5. The zero-order valence-electron chi connectivity index (χ0n) is 27.4. The summed E-state index contributed by atoms with van der Waals surface area (Å²) in [5.74, 6) is -1.20. The molecule has 1 aromatic heterocycles. The second-order valence-electron chi connectivity index (χ2n) is 12.6. The number of amides is 1. The Morgan fingerprint density at radius 2 is 1.53 bits per heavy atom. The molecule has 0 bridgehead atoms. The Hall–Kier alpha value is -4.31. The van der Waals surface area contributed by atoms with Gasteiger partial charge in [0.1, 0.15) is 5.82 Å². The summed E-state index contributed by atoms with van der Waals surface area (Å²) >= 11 is 0. The molecule has 0 aliphatic heterocycles. The van der Waals surface area contributed by atoms with E-state index >= 15 is 0 Å². The summed E-state index contributed by atoms with van der Waals surface area (Å²) in [6.45, 7) is 8.26. The Morgan fingerprint density at radius 3 is 2.13 bits per heavy atom. The van der Waals surface area contributed by atoms with Crippen molar-refractivity contribution in [3.8, 4) is 22.4 Å². The smallest absolute Gasteiger partial charge is 0.308 e. The van der Waals surface area contributed by atoms with Crippen LogP contribution in [-0.2, 0) is 22.7 Å². The van der Waals surface area contributed by atoms with E-state index in [-0.39, 0.29) is 56.8 Å². The van der Waals surface area contributed by atoms with E-state index in [1.54, 1.807) is 36.4 Å². The van der Waals surface area contributed by atoms with Gasteiger partial charge < -0.3 is 29.9 Å². The molecule has 47 heavy (non-hydrogen) atoms. The van der Waals surface area contributed by atoms with E-state index in [2.05, 4.69) is 5.32 Å². The number of halogens is 1. The van der Waals surface area contributed by atoms with E-state index in [4.69, 9.17) is 4.74 Å². The number of nitrogens with zero attached hydrogens (tertiary/aromatic N) is 1. The Labute approximate surface area is 275 Å². The van der Waals surface area contributed by atoms with Crippen LogP contribution >= 0.6 is 0 Å². The molecule has 4 N–H and O–H groups in total. The van der Waals surface area contributed by atoms with Gasteiger partial charge in [0.15, 0.2) is 0 Å². The van der Waals surface area contributed by atoms with E-state index in [0.717, 1.165) is 16.8 Å². The molecule has 0 saturated carbocycles. The minimum atomic E-state index is -1.08. The average molecular weight is 645 g/mol. The number of carbonyl (C=O) groups is 2. The maximum Gasteiger partial charge on any atom is 0.308 e. The molecule has 0 aliphatic rings. The number of ether oxygens (including phenoxy) is 1. The third-order valence-corrected chi connectivity index (χ3v) is 7.86. The van der Waals surface area contributed by atoms with Gasteiger partial charge in [0.2, 0.25) is 0 Å². The maximum absolute atomic E-state index is 14.3. The number of hydrogen-bond acceptors (Lipinski definition) is 6. The summed E-state index contributed by atoms with van der Waals surface area (Å²) in [6.07, 6.45) is -2.04. The Bertz CT molecular complexity index is 1610. The number of esters is 1. The molecule has 9 heteroatoms. The van der Waals surface area contributed by atoms with Crippen LogP contribution < -0.4 is 5.32 Å².